The molecule has 88 valence electrons. The van der Waals surface area contributed by atoms with E-state index in [2.05, 4.69) is 27.5 Å². The van der Waals surface area contributed by atoms with Crippen LogP contribution in [0.25, 0.3) is 0 Å². The molecule has 0 saturated heterocycles. The van der Waals surface area contributed by atoms with E-state index in [0.717, 1.165) is 0 Å². The number of aryl methyl sites for hydroxylation is 1. The molecule has 8 heteroatoms. The van der Waals surface area contributed by atoms with E-state index in [1.165, 1.54) is 0 Å². The van der Waals surface area contributed by atoms with Crippen LogP contribution in [0.1, 0.15) is 5.69 Å². The Bertz CT molecular complexity index is 446. The molecule has 1 heterocycles. The maximum absolute atomic E-state index is 11.4. The van der Waals surface area contributed by atoms with Gasteiger partial charge in [0.1, 0.15) is 0 Å². The van der Waals surface area contributed by atoms with Crippen molar-refractivity contribution in [2.75, 3.05) is 5.75 Å². The van der Waals surface area contributed by atoms with E-state index in [0.29, 0.717) is 12.1 Å². The van der Waals surface area contributed by atoms with Crippen molar-refractivity contribution in [2.45, 2.75) is 6.42 Å². The first-order valence-corrected chi connectivity index (χ1v) is 6.50. The topological polar surface area (TPSA) is 97.1 Å². The normalized spacial score (nSPS) is 11.0. The Morgan fingerprint density at radius 3 is 2.81 bits per heavy atom. The van der Waals surface area contributed by atoms with E-state index < -0.39 is 10.0 Å². The molecule has 0 aliphatic heterocycles. The maximum atomic E-state index is 11.4. The fraction of sp³-hybridized carbons (Fsp3) is 0.250. The molecule has 0 aliphatic carbocycles. The van der Waals surface area contributed by atoms with Gasteiger partial charge in [0.05, 0.1) is 5.75 Å². The third kappa shape index (κ3) is 5.01. The summed E-state index contributed by atoms with van der Waals surface area (Å²) in [7, 11) is -3.44. The Hall–Kier alpha value is -1.25. The van der Waals surface area contributed by atoms with E-state index in [1.807, 2.05) is 0 Å². The van der Waals surface area contributed by atoms with E-state index in [-0.39, 0.29) is 10.9 Å². The fourth-order valence-corrected chi connectivity index (χ4v) is 1.93. The van der Waals surface area contributed by atoms with Crippen LogP contribution in [0.4, 0.5) is 0 Å². The first-order chi connectivity index (χ1) is 7.49. The van der Waals surface area contributed by atoms with Gasteiger partial charge in [0, 0.05) is 18.3 Å². The van der Waals surface area contributed by atoms with Gasteiger partial charge in [-0.05, 0) is 24.4 Å². The molecule has 16 heavy (non-hydrogen) atoms. The quantitative estimate of drug-likeness (QED) is 0.478. The second-order valence-corrected chi connectivity index (χ2v) is 5.26. The van der Waals surface area contributed by atoms with Crippen molar-refractivity contribution in [3.05, 3.63) is 30.1 Å². The molecule has 0 atom stereocenters. The fourth-order valence-electron chi connectivity index (χ4n) is 0.964. The van der Waals surface area contributed by atoms with Crippen molar-refractivity contribution in [3.8, 4) is 0 Å². The van der Waals surface area contributed by atoms with Gasteiger partial charge in [-0.25, -0.2) is 8.42 Å². The number of nitrogens with two attached hydrogens (primary N) is 1. The van der Waals surface area contributed by atoms with Gasteiger partial charge in [-0.2, -0.15) is 0 Å². The van der Waals surface area contributed by atoms with Gasteiger partial charge in [-0.3, -0.25) is 10.4 Å². The highest BCUT2D eigenvalue weighted by Gasteiger charge is 2.10. The molecule has 0 unspecified atom stereocenters. The van der Waals surface area contributed by atoms with Gasteiger partial charge in [0.2, 0.25) is 10.0 Å². The highest BCUT2D eigenvalue weighted by Crippen LogP contribution is 1.96. The summed E-state index contributed by atoms with van der Waals surface area (Å²) in [5.41, 5.74) is 7.97. The molecule has 0 aliphatic rings. The first-order valence-electron chi connectivity index (χ1n) is 4.44. The minimum Gasteiger partial charge on any atom is -0.375 e. The van der Waals surface area contributed by atoms with Crippen LogP contribution in [-0.2, 0) is 16.4 Å². The van der Waals surface area contributed by atoms with Gasteiger partial charge in [-0.1, -0.05) is 6.07 Å². The second kappa shape index (κ2) is 5.73. The summed E-state index contributed by atoms with van der Waals surface area (Å²) in [6, 6.07) is 5.33. The minimum atomic E-state index is -3.44. The van der Waals surface area contributed by atoms with Crippen LogP contribution in [0.3, 0.4) is 0 Å². The zero-order valence-corrected chi connectivity index (χ0v) is 10.0. The van der Waals surface area contributed by atoms with Crippen molar-refractivity contribution in [1.82, 2.24) is 15.2 Å². The Morgan fingerprint density at radius 1 is 1.50 bits per heavy atom. The summed E-state index contributed by atoms with van der Waals surface area (Å²) in [5.74, 6) is -0.0837. The van der Waals surface area contributed by atoms with E-state index in [1.54, 1.807) is 24.4 Å². The third-order valence-electron chi connectivity index (χ3n) is 1.68. The number of rotatable bonds is 5. The van der Waals surface area contributed by atoms with Crippen LogP contribution < -0.4 is 16.0 Å². The molecular formula is C8H12N4O2S2. The smallest absolute Gasteiger partial charge is 0.228 e. The Balaban J connectivity index is 2.45. The average molecular weight is 260 g/mol. The number of hydrogen-bond donors (Lipinski definition) is 3. The summed E-state index contributed by atoms with van der Waals surface area (Å²) >= 11 is 4.47. The highest BCUT2D eigenvalue weighted by atomic mass is 32.2. The molecule has 1 rings (SSSR count). The van der Waals surface area contributed by atoms with Crippen molar-refractivity contribution in [2.24, 2.45) is 5.73 Å². The Labute approximate surface area is 99.3 Å². The largest absolute Gasteiger partial charge is 0.375 e. The molecule has 0 aromatic carbocycles. The van der Waals surface area contributed by atoms with Crippen molar-refractivity contribution in [3.63, 3.8) is 0 Å². The Morgan fingerprint density at radius 2 is 2.25 bits per heavy atom. The molecule has 1 aromatic heterocycles. The monoisotopic (exact) mass is 260 g/mol. The molecule has 1 aromatic rings. The van der Waals surface area contributed by atoms with Gasteiger partial charge in [0.25, 0.3) is 0 Å². The zero-order valence-electron chi connectivity index (χ0n) is 8.38. The molecule has 4 N–H and O–H groups in total. The molecular weight excluding hydrogens is 248 g/mol. The molecule has 0 saturated carbocycles. The number of hydrogen-bond acceptors (Lipinski definition) is 4. The minimum absolute atomic E-state index is 0.0837. The number of hydrazine groups is 1. The lowest BCUT2D eigenvalue weighted by atomic mass is 10.3. The molecule has 0 fully saturated rings. The molecule has 0 spiro atoms. The van der Waals surface area contributed by atoms with Crippen molar-refractivity contribution in [1.29, 1.82) is 0 Å². The SMILES string of the molecule is NC(=S)NNS(=O)(=O)CCc1ccccn1. The number of nitrogens with zero attached hydrogens (tertiary/aromatic N) is 1. The highest BCUT2D eigenvalue weighted by molar-refractivity contribution is 7.89. The van der Waals surface area contributed by atoms with Crippen LogP contribution in [0.5, 0.6) is 0 Å². The number of aromatic nitrogens is 1. The first kappa shape index (κ1) is 12.8. The van der Waals surface area contributed by atoms with Gasteiger partial charge in [0.15, 0.2) is 5.11 Å². The number of pyridine rings is 1. The van der Waals surface area contributed by atoms with Gasteiger partial charge >= 0.3 is 0 Å². The molecule has 6 nitrogen and oxygen atoms in total. The van der Waals surface area contributed by atoms with Crippen LogP contribution in [0.15, 0.2) is 24.4 Å². The van der Waals surface area contributed by atoms with Crippen molar-refractivity contribution >= 4 is 27.4 Å². The predicted molar refractivity (Wildman–Crippen MR) is 64.8 cm³/mol. The standard InChI is InChI=1S/C8H12N4O2S2/c9-8(15)11-12-16(13,14)6-4-7-3-1-2-5-10-7/h1-3,5,12H,4,6H2,(H3,9,11,15). The number of sulfonamides is 1. The molecule has 0 amide bonds. The summed E-state index contributed by atoms with van der Waals surface area (Å²) < 4.78 is 22.8. The van der Waals surface area contributed by atoms with Crippen LogP contribution in [0.2, 0.25) is 0 Å². The lowest BCUT2D eigenvalue weighted by Crippen LogP contribution is -2.45. The number of thiocarbonyl (C=S) groups is 1. The Kier molecular flexibility index (Phi) is 4.59. The van der Waals surface area contributed by atoms with E-state index in [4.69, 9.17) is 5.73 Å². The van der Waals surface area contributed by atoms with E-state index in [9.17, 15) is 8.42 Å². The lowest BCUT2D eigenvalue weighted by Gasteiger charge is -2.06. The van der Waals surface area contributed by atoms with Crippen LogP contribution in [0, 0.1) is 0 Å². The summed E-state index contributed by atoms with van der Waals surface area (Å²) in [6.07, 6.45) is 1.94. The predicted octanol–water partition coefficient (Wildman–Crippen LogP) is -0.708. The lowest BCUT2D eigenvalue weighted by molar-refractivity contribution is 0.576. The van der Waals surface area contributed by atoms with Gasteiger partial charge < -0.3 is 5.73 Å². The molecule has 0 radical (unpaired) electrons. The van der Waals surface area contributed by atoms with Crippen molar-refractivity contribution < 1.29 is 8.42 Å². The number of nitrogens with one attached hydrogen (secondary N) is 2. The second-order valence-electron chi connectivity index (χ2n) is 2.98. The molecule has 0 bridgehead atoms. The summed E-state index contributed by atoms with van der Waals surface area (Å²) in [4.78, 5) is 6.07. The average Bonchev–Trinajstić information content (AvgIpc) is 2.26. The van der Waals surface area contributed by atoms with Crippen LogP contribution >= 0.6 is 12.2 Å². The summed E-state index contributed by atoms with van der Waals surface area (Å²) in [6.45, 7) is 0. The van der Waals surface area contributed by atoms with Crippen LogP contribution in [-0.4, -0.2) is 24.3 Å². The zero-order chi connectivity index (χ0) is 12.0. The van der Waals surface area contributed by atoms with Gasteiger partial charge in [-0.15, -0.1) is 4.83 Å². The third-order valence-corrected chi connectivity index (χ3v) is 2.94. The van der Waals surface area contributed by atoms with E-state index >= 15 is 0 Å². The maximum Gasteiger partial charge on any atom is 0.228 e. The summed E-state index contributed by atoms with van der Waals surface area (Å²) in [5, 5.41) is -0.124.